The summed E-state index contributed by atoms with van der Waals surface area (Å²) in [5, 5.41) is 0. The van der Waals surface area contributed by atoms with Gasteiger partial charge in [-0.2, -0.15) is 0 Å². The second-order valence-electron chi connectivity index (χ2n) is 4.38. The summed E-state index contributed by atoms with van der Waals surface area (Å²) in [6, 6.07) is 0. The molecule has 0 amide bonds. The zero-order chi connectivity index (χ0) is 13.9. The van der Waals surface area contributed by atoms with Crippen molar-refractivity contribution in [3.8, 4) is 24.7 Å². The maximum atomic E-state index is 5.40. The predicted octanol–water partition coefficient (Wildman–Crippen LogP) is 0.727. The van der Waals surface area contributed by atoms with Gasteiger partial charge in [0.25, 0.3) is 0 Å². The molecule has 0 heterocycles. The highest BCUT2D eigenvalue weighted by Gasteiger charge is 2.18. The van der Waals surface area contributed by atoms with E-state index in [1.54, 1.807) is 0 Å². The van der Waals surface area contributed by atoms with E-state index < -0.39 is 21.2 Å². The van der Waals surface area contributed by atoms with Crippen molar-refractivity contribution in [1.82, 2.24) is 0 Å². The lowest BCUT2D eigenvalue weighted by Gasteiger charge is -2.23. The minimum absolute atomic E-state index is 0.545. The molecule has 0 fully saturated rings. The largest absolute Gasteiger partial charge is 0.382 e. The van der Waals surface area contributed by atoms with E-state index in [9.17, 15) is 0 Å². The fourth-order valence-corrected chi connectivity index (χ4v) is 1.22. The van der Waals surface area contributed by atoms with E-state index in [0.717, 1.165) is 0 Å². The Morgan fingerprint density at radius 2 is 1.35 bits per heavy atom. The molecule has 2 nitrogen and oxygen atoms in total. The van der Waals surface area contributed by atoms with Gasteiger partial charge in [-0.15, -0.1) is 18.5 Å². The van der Waals surface area contributed by atoms with Gasteiger partial charge in [-0.1, -0.05) is 17.9 Å². The van der Waals surface area contributed by atoms with Gasteiger partial charge in [0.1, 0.15) is 11.2 Å². The normalized spacial score (nSPS) is 11.5. The van der Waals surface area contributed by atoms with Gasteiger partial charge in [-0.25, -0.2) is 0 Å². The SMILES string of the molecule is C#CC(C)(C)O[SiH2]OC(C)(C)C#C.CC=C[SiH3]. The molecule has 0 N–H and O–H groups in total. The van der Waals surface area contributed by atoms with Gasteiger partial charge in [-0.05, 0) is 34.6 Å². The molecule has 0 unspecified atom stereocenters. The summed E-state index contributed by atoms with van der Waals surface area (Å²) in [6.45, 7) is 9.34. The third-order valence-corrected chi connectivity index (χ3v) is 4.21. The highest BCUT2D eigenvalue weighted by molar-refractivity contribution is 6.18. The first-order chi connectivity index (χ1) is 7.74. The Bertz CT molecular complexity index is 276. The van der Waals surface area contributed by atoms with Gasteiger partial charge in [0.15, 0.2) is 0 Å². The molecule has 4 heteroatoms. The smallest absolute Gasteiger partial charge is 0.306 e. The van der Waals surface area contributed by atoms with Crippen LogP contribution < -0.4 is 0 Å². The topological polar surface area (TPSA) is 18.5 Å². The number of allylic oxidation sites excluding steroid dienone is 1. The molecule has 0 saturated heterocycles. The van der Waals surface area contributed by atoms with Crippen LogP contribution in [0, 0.1) is 24.7 Å². The minimum Gasteiger partial charge on any atom is -0.382 e. The summed E-state index contributed by atoms with van der Waals surface area (Å²) in [6.07, 6.45) is 12.5. The summed E-state index contributed by atoms with van der Waals surface area (Å²) in [5.74, 6) is 5.05. The maximum absolute atomic E-state index is 5.40. The van der Waals surface area contributed by atoms with Crippen molar-refractivity contribution in [2.75, 3.05) is 0 Å². The maximum Gasteiger partial charge on any atom is 0.306 e. The lowest BCUT2D eigenvalue weighted by molar-refractivity contribution is 0.0878. The third-order valence-electron chi connectivity index (χ3n) is 1.87. The molecule has 0 atom stereocenters. The van der Waals surface area contributed by atoms with Gasteiger partial charge in [0.2, 0.25) is 0 Å². The van der Waals surface area contributed by atoms with Crippen LogP contribution in [0.2, 0.25) is 0 Å². The van der Waals surface area contributed by atoms with E-state index in [1.807, 2.05) is 34.6 Å². The van der Waals surface area contributed by atoms with Gasteiger partial charge in [0.05, 0.1) is 0 Å². The number of rotatable bonds is 4. The van der Waals surface area contributed by atoms with Crippen molar-refractivity contribution in [2.24, 2.45) is 0 Å². The Morgan fingerprint density at radius 1 is 1.06 bits per heavy atom. The summed E-state index contributed by atoms with van der Waals surface area (Å²) < 4.78 is 10.8. The van der Waals surface area contributed by atoms with Crippen molar-refractivity contribution in [2.45, 2.75) is 45.8 Å². The molecule has 0 radical (unpaired) electrons. The van der Waals surface area contributed by atoms with Crippen LogP contribution in [0.25, 0.3) is 0 Å². The lowest BCUT2D eigenvalue weighted by atomic mass is 10.2. The summed E-state index contributed by atoms with van der Waals surface area (Å²) in [7, 11) is 0.105. The van der Waals surface area contributed by atoms with E-state index in [4.69, 9.17) is 21.7 Å². The predicted molar refractivity (Wildman–Crippen MR) is 81.3 cm³/mol. The molecule has 0 aromatic heterocycles. The van der Waals surface area contributed by atoms with Crippen molar-refractivity contribution in [3.05, 3.63) is 11.8 Å². The Kier molecular flexibility index (Phi) is 10.1. The van der Waals surface area contributed by atoms with Crippen LogP contribution in [0.15, 0.2) is 11.8 Å². The molecule has 0 spiro atoms. The third kappa shape index (κ3) is 13.1. The molecule has 0 aromatic carbocycles. The molecule has 0 aliphatic heterocycles. The molecule has 0 saturated carbocycles. The second kappa shape index (κ2) is 9.27. The van der Waals surface area contributed by atoms with Crippen LogP contribution in [0.1, 0.15) is 34.6 Å². The molecule has 0 bridgehead atoms. The van der Waals surface area contributed by atoms with Crippen LogP contribution in [0.3, 0.4) is 0 Å². The first-order valence-electron chi connectivity index (χ1n) is 5.55. The van der Waals surface area contributed by atoms with E-state index in [0.29, 0.717) is 0 Å². The zero-order valence-electron chi connectivity index (χ0n) is 11.8. The van der Waals surface area contributed by atoms with Gasteiger partial charge in [-0.3, -0.25) is 0 Å². The fourth-order valence-electron chi connectivity index (χ4n) is 0.407. The summed E-state index contributed by atoms with van der Waals surface area (Å²) in [5.41, 5.74) is 1.05. The summed E-state index contributed by atoms with van der Waals surface area (Å²) in [4.78, 5) is 0. The lowest BCUT2D eigenvalue weighted by Crippen LogP contribution is -2.31. The second-order valence-corrected chi connectivity index (χ2v) is 5.86. The first kappa shape index (κ1) is 18.6. The van der Waals surface area contributed by atoms with Gasteiger partial charge in [0, 0.05) is 10.2 Å². The Hall–Kier alpha value is -0.786. The van der Waals surface area contributed by atoms with Crippen molar-refractivity contribution in [3.63, 3.8) is 0 Å². The summed E-state index contributed by atoms with van der Waals surface area (Å²) >= 11 is 0. The Labute approximate surface area is 112 Å². The van der Waals surface area contributed by atoms with Crippen molar-refractivity contribution < 1.29 is 8.85 Å². The van der Waals surface area contributed by atoms with Crippen LogP contribution in [0.4, 0.5) is 0 Å². The molecular weight excluding hydrogens is 244 g/mol. The Balaban J connectivity index is 0. The van der Waals surface area contributed by atoms with E-state index >= 15 is 0 Å². The van der Waals surface area contributed by atoms with Gasteiger partial charge >= 0.3 is 10.0 Å². The average Bonchev–Trinajstić information content (AvgIpc) is 2.29. The van der Waals surface area contributed by atoms with E-state index in [1.165, 1.54) is 10.2 Å². The number of hydrogen-bond acceptors (Lipinski definition) is 2. The highest BCUT2D eigenvalue weighted by atomic mass is 28.3. The molecule has 17 heavy (non-hydrogen) atoms. The quantitative estimate of drug-likeness (QED) is 0.553. The number of terminal acetylenes is 2. The molecule has 0 aliphatic carbocycles. The van der Waals surface area contributed by atoms with E-state index in [-0.39, 0.29) is 0 Å². The van der Waals surface area contributed by atoms with Crippen molar-refractivity contribution in [1.29, 1.82) is 0 Å². The highest BCUT2D eigenvalue weighted by Crippen LogP contribution is 2.09. The van der Waals surface area contributed by atoms with Crippen LogP contribution in [-0.2, 0) is 8.85 Å². The van der Waals surface area contributed by atoms with Crippen LogP contribution in [0.5, 0.6) is 0 Å². The fraction of sp³-hybridized carbons (Fsp3) is 0.538. The van der Waals surface area contributed by atoms with Crippen LogP contribution in [-0.4, -0.2) is 31.5 Å². The van der Waals surface area contributed by atoms with Gasteiger partial charge < -0.3 is 8.85 Å². The Morgan fingerprint density at radius 3 is 1.53 bits per heavy atom. The monoisotopic (exact) mass is 268 g/mol. The molecule has 0 rings (SSSR count). The molecule has 0 aromatic rings. The first-order valence-corrected chi connectivity index (χ1v) is 7.86. The van der Waals surface area contributed by atoms with Crippen molar-refractivity contribution >= 4 is 20.2 Å². The minimum atomic E-state index is -1.10. The van der Waals surface area contributed by atoms with E-state index in [2.05, 4.69) is 23.6 Å². The molecule has 0 aliphatic rings. The number of hydrogen-bond donors (Lipinski definition) is 0. The average molecular weight is 269 g/mol. The zero-order valence-corrected chi connectivity index (χ0v) is 15.2. The molecular formula is C13H24O2Si2. The van der Waals surface area contributed by atoms with Crippen LogP contribution >= 0.6 is 0 Å². The standard InChI is InChI=1S/C10H16O2Si.C3H8Si/c1-7-9(3,4)11-13-12-10(5,6)8-2;1-2-3-4/h1-2H,13H2,3-6H3;2-3H,1,4H3. The molecule has 96 valence electrons.